The van der Waals surface area contributed by atoms with Crippen molar-refractivity contribution in [1.82, 2.24) is 10.3 Å². The molecule has 2 heterocycles. The number of anilines is 1. The third kappa shape index (κ3) is 3.80. The van der Waals surface area contributed by atoms with Gasteiger partial charge in [-0.15, -0.1) is 11.3 Å². The molecule has 26 heavy (non-hydrogen) atoms. The number of aromatic carboxylic acids is 1. The van der Waals surface area contributed by atoms with E-state index in [4.69, 9.17) is 5.11 Å². The zero-order valence-corrected chi connectivity index (χ0v) is 14.5. The minimum atomic E-state index is -1.13. The van der Waals surface area contributed by atoms with Gasteiger partial charge in [0.2, 0.25) is 0 Å². The molecule has 1 aromatic heterocycles. The summed E-state index contributed by atoms with van der Waals surface area (Å²) in [7, 11) is 0. The van der Waals surface area contributed by atoms with Crippen LogP contribution in [0.25, 0.3) is 0 Å². The van der Waals surface area contributed by atoms with Crippen molar-refractivity contribution in [3.05, 3.63) is 50.0 Å². The van der Waals surface area contributed by atoms with E-state index in [1.807, 2.05) is 4.90 Å². The second-order valence-electron chi connectivity index (χ2n) is 5.77. The summed E-state index contributed by atoms with van der Waals surface area (Å²) in [4.78, 5) is 39.8. The molecule has 1 fully saturated rings. The number of aromatic nitrogens is 1. The van der Waals surface area contributed by atoms with Gasteiger partial charge in [-0.05, 0) is 25.0 Å². The molecule has 1 amide bonds. The van der Waals surface area contributed by atoms with Gasteiger partial charge in [0.15, 0.2) is 5.69 Å². The standard InChI is InChI=1S/C16H16N4O5S/c21-15(17-8-14-18-11(9-26-14)16(22)23)10-3-4-12(13(7-10)20(24)25)19-5-1-2-6-19/h3-4,7,9H,1-2,5-6,8H2,(H,17,21)(H,22,23). The number of carbonyl (C=O) groups excluding carboxylic acids is 1. The summed E-state index contributed by atoms with van der Waals surface area (Å²) in [6, 6.07) is 4.43. The minimum absolute atomic E-state index is 0.0540. The second kappa shape index (κ2) is 7.48. The molecular formula is C16H16N4O5S. The number of nitrogens with one attached hydrogen (secondary N) is 1. The average Bonchev–Trinajstić information content (AvgIpc) is 3.30. The highest BCUT2D eigenvalue weighted by molar-refractivity contribution is 7.09. The molecule has 0 atom stereocenters. The summed E-state index contributed by atoms with van der Waals surface area (Å²) >= 11 is 1.12. The monoisotopic (exact) mass is 376 g/mol. The van der Waals surface area contributed by atoms with Crippen molar-refractivity contribution in [3.63, 3.8) is 0 Å². The van der Waals surface area contributed by atoms with Crippen LogP contribution in [0.4, 0.5) is 11.4 Å². The first-order valence-electron chi connectivity index (χ1n) is 7.95. The zero-order chi connectivity index (χ0) is 18.7. The van der Waals surface area contributed by atoms with Crippen LogP contribution in [-0.2, 0) is 6.54 Å². The van der Waals surface area contributed by atoms with Crippen LogP contribution in [0, 0.1) is 10.1 Å². The first-order valence-corrected chi connectivity index (χ1v) is 8.83. The maximum atomic E-state index is 12.3. The lowest BCUT2D eigenvalue weighted by Gasteiger charge is -2.17. The van der Waals surface area contributed by atoms with E-state index in [2.05, 4.69) is 10.3 Å². The van der Waals surface area contributed by atoms with Crippen LogP contribution < -0.4 is 10.2 Å². The van der Waals surface area contributed by atoms with Crippen molar-refractivity contribution >= 4 is 34.6 Å². The number of amides is 1. The van der Waals surface area contributed by atoms with Gasteiger partial charge in [0, 0.05) is 30.1 Å². The van der Waals surface area contributed by atoms with E-state index in [0.717, 1.165) is 37.3 Å². The van der Waals surface area contributed by atoms with Crippen molar-refractivity contribution in [1.29, 1.82) is 0 Å². The Hall–Kier alpha value is -3.01. The predicted octanol–water partition coefficient (Wildman–Crippen LogP) is 2.28. The van der Waals surface area contributed by atoms with E-state index in [-0.39, 0.29) is 23.5 Å². The lowest BCUT2D eigenvalue weighted by atomic mass is 10.1. The molecule has 1 saturated heterocycles. The van der Waals surface area contributed by atoms with Gasteiger partial charge in [-0.2, -0.15) is 0 Å². The maximum absolute atomic E-state index is 12.3. The number of hydrogen-bond donors (Lipinski definition) is 2. The fourth-order valence-corrected chi connectivity index (χ4v) is 3.49. The molecule has 3 rings (SSSR count). The Bertz CT molecular complexity index is 860. The number of carboxylic acid groups (broad SMARTS) is 1. The first kappa shape index (κ1) is 17.8. The lowest BCUT2D eigenvalue weighted by Crippen LogP contribution is -2.24. The molecule has 2 N–H and O–H groups in total. The van der Waals surface area contributed by atoms with Gasteiger partial charge in [-0.25, -0.2) is 9.78 Å². The summed E-state index contributed by atoms with van der Waals surface area (Å²) in [5.74, 6) is -1.61. The summed E-state index contributed by atoms with van der Waals surface area (Å²) in [5.41, 5.74) is 0.525. The quantitative estimate of drug-likeness (QED) is 0.585. The van der Waals surface area contributed by atoms with Gasteiger partial charge >= 0.3 is 5.97 Å². The van der Waals surface area contributed by atoms with E-state index in [1.165, 1.54) is 11.4 Å². The van der Waals surface area contributed by atoms with Gasteiger partial charge in [0.05, 0.1) is 11.5 Å². The number of nitro benzene ring substituents is 1. The summed E-state index contributed by atoms with van der Waals surface area (Å²) < 4.78 is 0. The van der Waals surface area contributed by atoms with Gasteiger partial charge in [-0.1, -0.05) is 0 Å². The molecule has 136 valence electrons. The smallest absolute Gasteiger partial charge is 0.355 e. The van der Waals surface area contributed by atoms with Crippen LogP contribution in [-0.4, -0.2) is 40.0 Å². The molecule has 0 aliphatic carbocycles. The number of carboxylic acids is 1. The average molecular weight is 376 g/mol. The molecule has 10 heteroatoms. The molecule has 0 unspecified atom stereocenters. The van der Waals surface area contributed by atoms with Gasteiger partial charge in [-0.3, -0.25) is 14.9 Å². The molecule has 9 nitrogen and oxygen atoms in total. The molecule has 0 saturated carbocycles. The Labute approximate surface area is 152 Å². The third-order valence-electron chi connectivity index (χ3n) is 4.05. The van der Waals surface area contributed by atoms with Crippen LogP contribution in [0.5, 0.6) is 0 Å². The fourth-order valence-electron chi connectivity index (χ4n) is 2.78. The number of carbonyl (C=O) groups is 2. The third-order valence-corrected chi connectivity index (χ3v) is 4.90. The molecule has 1 aliphatic rings. The SMILES string of the molecule is O=C(NCc1nc(C(=O)O)cs1)c1ccc(N2CCCC2)c([N+](=O)[O-])c1. The number of nitro groups is 1. The van der Waals surface area contributed by atoms with Crippen LogP contribution >= 0.6 is 11.3 Å². The van der Waals surface area contributed by atoms with Gasteiger partial charge in [0.1, 0.15) is 10.7 Å². The maximum Gasteiger partial charge on any atom is 0.355 e. The topological polar surface area (TPSA) is 126 Å². The van der Waals surface area contributed by atoms with Crippen molar-refractivity contribution in [3.8, 4) is 0 Å². The second-order valence-corrected chi connectivity index (χ2v) is 6.71. The summed E-state index contributed by atoms with van der Waals surface area (Å²) in [6.45, 7) is 1.59. The first-order chi connectivity index (χ1) is 12.5. The molecule has 1 aromatic carbocycles. The Morgan fingerprint density at radius 1 is 1.35 bits per heavy atom. The van der Waals surface area contributed by atoms with Crippen molar-refractivity contribution < 1.29 is 19.6 Å². The molecule has 0 bridgehead atoms. The minimum Gasteiger partial charge on any atom is -0.476 e. The zero-order valence-electron chi connectivity index (χ0n) is 13.7. The fraction of sp³-hybridized carbons (Fsp3) is 0.312. The van der Waals surface area contributed by atoms with E-state index < -0.39 is 16.8 Å². The Morgan fingerprint density at radius 3 is 2.69 bits per heavy atom. The predicted molar refractivity (Wildman–Crippen MR) is 94.8 cm³/mol. The van der Waals surface area contributed by atoms with E-state index in [9.17, 15) is 19.7 Å². The number of hydrogen-bond acceptors (Lipinski definition) is 7. The highest BCUT2D eigenvalue weighted by atomic mass is 32.1. The summed E-state index contributed by atoms with van der Waals surface area (Å²) in [5, 5.41) is 24.7. The van der Waals surface area contributed by atoms with Gasteiger partial charge in [0.25, 0.3) is 11.6 Å². The highest BCUT2D eigenvalue weighted by Gasteiger charge is 2.24. The lowest BCUT2D eigenvalue weighted by molar-refractivity contribution is -0.384. The summed E-state index contributed by atoms with van der Waals surface area (Å²) in [6.07, 6.45) is 1.98. The number of benzene rings is 1. The van der Waals surface area contributed by atoms with E-state index in [0.29, 0.717) is 10.7 Å². The van der Waals surface area contributed by atoms with Gasteiger partial charge < -0.3 is 15.3 Å². The van der Waals surface area contributed by atoms with E-state index >= 15 is 0 Å². The number of nitrogens with zero attached hydrogens (tertiary/aromatic N) is 3. The molecule has 0 radical (unpaired) electrons. The van der Waals surface area contributed by atoms with Crippen molar-refractivity contribution in [2.24, 2.45) is 0 Å². The molecule has 0 spiro atoms. The molecule has 1 aliphatic heterocycles. The normalized spacial score (nSPS) is 13.6. The van der Waals surface area contributed by atoms with Crippen molar-refractivity contribution in [2.45, 2.75) is 19.4 Å². The van der Waals surface area contributed by atoms with E-state index in [1.54, 1.807) is 12.1 Å². The highest BCUT2D eigenvalue weighted by Crippen LogP contribution is 2.31. The molecule has 2 aromatic rings. The Balaban J connectivity index is 1.73. The number of rotatable bonds is 6. The largest absolute Gasteiger partial charge is 0.476 e. The molecular weight excluding hydrogens is 360 g/mol. The van der Waals surface area contributed by atoms with Crippen LogP contribution in [0.3, 0.4) is 0 Å². The van der Waals surface area contributed by atoms with Crippen LogP contribution in [0.15, 0.2) is 23.6 Å². The Morgan fingerprint density at radius 2 is 2.08 bits per heavy atom. The van der Waals surface area contributed by atoms with Crippen molar-refractivity contribution in [2.75, 3.05) is 18.0 Å². The number of thiazole rings is 1. The van der Waals surface area contributed by atoms with Crippen LogP contribution in [0.1, 0.15) is 38.7 Å². The van der Waals surface area contributed by atoms with Crippen LogP contribution in [0.2, 0.25) is 0 Å². The Kier molecular flexibility index (Phi) is 5.12.